The lowest BCUT2D eigenvalue weighted by Crippen LogP contribution is -2.22. The molecular formula is C12H13Cl2N3S. The maximum absolute atomic E-state index is 6.25. The number of hydrogen-bond donors (Lipinski definition) is 1. The van der Waals surface area contributed by atoms with E-state index in [9.17, 15) is 0 Å². The average molecular weight is 302 g/mol. The van der Waals surface area contributed by atoms with Crippen LogP contribution in [0.3, 0.4) is 0 Å². The van der Waals surface area contributed by atoms with E-state index in [0.717, 1.165) is 23.4 Å². The fourth-order valence-corrected chi connectivity index (χ4v) is 2.70. The van der Waals surface area contributed by atoms with Crippen LogP contribution in [0.4, 0.5) is 0 Å². The number of halogens is 2. The molecule has 1 N–H and O–H groups in total. The van der Waals surface area contributed by atoms with E-state index >= 15 is 0 Å². The minimum atomic E-state index is -0.00356. The lowest BCUT2D eigenvalue weighted by Gasteiger charge is -2.18. The van der Waals surface area contributed by atoms with Crippen LogP contribution in [0.2, 0.25) is 10.0 Å². The zero-order chi connectivity index (χ0) is 13.0. The van der Waals surface area contributed by atoms with Crippen molar-refractivity contribution in [1.82, 2.24) is 14.9 Å². The van der Waals surface area contributed by atoms with Gasteiger partial charge in [0.2, 0.25) is 0 Å². The number of aromatic nitrogens is 2. The molecule has 1 unspecified atom stereocenters. The summed E-state index contributed by atoms with van der Waals surface area (Å²) in [5.41, 5.74) is 0.962. The topological polar surface area (TPSA) is 37.8 Å². The largest absolute Gasteiger partial charge is 0.305 e. The van der Waals surface area contributed by atoms with Crippen molar-refractivity contribution < 1.29 is 0 Å². The Bertz CT molecular complexity index is 502. The predicted molar refractivity (Wildman–Crippen MR) is 76.5 cm³/mol. The molecule has 0 aliphatic rings. The van der Waals surface area contributed by atoms with Crippen LogP contribution >= 0.6 is 34.7 Å². The van der Waals surface area contributed by atoms with Crippen LogP contribution in [0.15, 0.2) is 24.4 Å². The van der Waals surface area contributed by atoms with E-state index in [1.165, 1.54) is 11.5 Å². The summed E-state index contributed by atoms with van der Waals surface area (Å²) in [6.45, 7) is 3.01. The molecule has 96 valence electrons. The third-order valence-electron chi connectivity index (χ3n) is 2.53. The van der Waals surface area contributed by atoms with Gasteiger partial charge in [0, 0.05) is 10.0 Å². The van der Waals surface area contributed by atoms with Gasteiger partial charge in [0.25, 0.3) is 0 Å². The van der Waals surface area contributed by atoms with Crippen LogP contribution in [-0.2, 0) is 0 Å². The van der Waals surface area contributed by atoms with Gasteiger partial charge in [-0.05, 0) is 48.3 Å². The van der Waals surface area contributed by atoms with Gasteiger partial charge in [-0.3, -0.25) is 0 Å². The molecule has 0 amide bonds. The summed E-state index contributed by atoms with van der Waals surface area (Å²) >= 11 is 13.7. The first-order valence-electron chi connectivity index (χ1n) is 5.68. The number of rotatable bonds is 5. The van der Waals surface area contributed by atoms with E-state index in [4.69, 9.17) is 23.2 Å². The second-order valence-electron chi connectivity index (χ2n) is 3.87. The number of nitrogens with zero attached hydrogens (tertiary/aromatic N) is 2. The Kier molecular flexibility index (Phi) is 4.95. The second-order valence-corrected chi connectivity index (χ2v) is 5.53. The molecule has 1 heterocycles. The van der Waals surface area contributed by atoms with Gasteiger partial charge >= 0.3 is 0 Å². The molecule has 2 rings (SSSR count). The van der Waals surface area contributed by atoms with Crippen molar-refractivity contribution in [3.8, 4) is 0 Å². The second kappa shape index (κ2) is 6.48. The normalized spacial score (nSPS) is 12.6. The summed E-state index contributed by atoms with van der Waals surface area (Å²) in [4.78, 5) is 1.03. The van der Waals surface area contributed by atoms with Crippen molar-refractivity contribution in [2.24, 2.45) is 0 Å². The highest BCUT2D eigenvalue weighted by Gasteiger charge is 2.18. The summed E-state index contributed by atoms with van der Waals surface area (Å²) in [6, 6.07) is 5.48. The van der Waals surface area contributed by atoms with Crippen LogP contribution in [-0.4, -0.2) is 16.1 Å². The predicted octanol–water partition coefficient (Wildman–Crippen LogP) is 3.93. The molecule has 0 saturated heterocycles. The van der Waals surface area contributed by atoms with Gasteiger partial charge in [0.05, 0.1) is 17.1 Å². The maximum Gasteiger partial charge on any atom is 0.0718 e. The summed E-state index contributed by atoms with van der Waals surface area (Å²) in [5.74, 6) is 0. The van der Waals surface area contributed by atoms with E-state index in [2.05, 4.69) is 21.8 Å². The first kappa shape index (κ1) is 13.7. The van der Waals surface area contributed by atoms with Crippen LogP contribution in [0.5, 0.6) is 0 Å². The summed E-state index contributed by atoms with van der Waals surface area (Å²) in [5, 5.41) is 8.70. The molecule has 0 aliphatic heterocycles. The Balaban J connectivity index is 2.36. The smallest absolute Gasteiger partial charge is 0.0718 e. The Morgan fingerprint density at radius 3 is 2.89 bits per heavy atom. The molecular weight excluding hydrogens is 289 g/mol. The minimum Gasteiger partial charge on any atom is -0.305 e. The first-order chi connectivity index (χ1) is 8.72. The molecule has 1 aromatic carbocycles. The van der Waals surface area contributed by atoms with Crippen LogP contribution in [0.1, 0.15) is 29.8 Å². The number of hydrogen-bond acceptors (Lipinski definition) is 4. The van der Waals surface area contributed by atoms with Crippen molar-refractivity contribution in [1.29, 1.82) is 0 Å². The van der Waals surface area contributed by atoms with Gasteiger partial charge in [0.1, 0.15) is 0 Å². The Morgan fingerprint density at radius 1 is 1.39 bits per heavy atom. The van der Waals surface area contributed by atoms with Gasteiger partial charge in [-0.15, -0.1) is 5.10 Å². The molecule has 1 aromatic heterocycles. The monoisotopic (exact) mass is 301 g/mol. The van der Waals surface area contributed by atoms with Crippen molar-refractivity contribution in [2.45, 2.75) is 19.4 Å². The standard InChI is InChI=1S/C12H13Cl2N3S/c1-2-5-15-12(11-7-16-17-18-11)9-6-8(13)3-4-10(9)14/h3-4,6-7,12,15H,2,5H2,1H3. The SMILES string of the molecule is CCCNC(c1cnns1)c1cc(Cl)ccc1Cl. The highest BCUT2D eigenvalue weighted by atomic mass is 35.5. The molecule has 3 nitrogen and oxygen atoms in total. The molecule has 18 heavy (non-hydrogen) atoms. The van der Waals surface area contributed by atoms with Crippen molar-refractivity contribution >= 4 is 34.7 Å². The molecule has 0 aliphatic carbocycles. The average Bonchev–Trinajstić information content (AvgIpc) is 2.88. The Labute approximate surface area is 120 Å². The van der Waals surface area contributed by atoms with E-state index in [1.807, 2.05) is 12.1 Å². The van der Waals surface area contributed by atoms with Crippen LogP contribution in [0, 0.1) is 0 Å². The van der Waals surface area contributed by atoms with Gasteiger partial charge in [0.15, 0.2) is 0 Å². The summed E-state index contributed by atoms with van der Waals surface area (Å²) < 4.78 is 3.90. The van der Waals surface area contributed by atoms with Crippen molar-refractivity contribution in [3.05, 3.63) is 44.9 Å². The lowest BCUT2D eigenvalue weighted by molar-refractivity contribution is 0.605. The molecule has 0 saturated carbocycles. The van der Waals surface area contributed by atoms with Gasteiger partial charge in [-0.2, -0.15) is 0 Å². The minimum absolute atomic E-state index is 0.00356. The zero-order valence-electron chi connectivity index (χ0n) is 9.86. The molecule has 1 atom stereocenters. The van der Waals surface area contributed by atoms with E-state index in [-0.39, 0.29) is 6.04 Å². The van der Waals surface area contributed by atoms with Gasteiger partial charge < -0.3 is 5.32 Å². The number of benzene rings is 1. The molecule has 6 heteroatoms. The maximum atomic E-state index is 6.25. The Morgan fingerprint density at radius 2 is 2.22 bits per heavy atom. The molecule has 0 spiro atoms. The molecule has 0 fully saturated rings. The fourth-order valence-electron chi connectivity index (χ4n) is 1.69. The third-order valence-corrected chi connectivity index (χ3v) is 3.84. The van der Waals surface area contributed by atoms with E-state index in [1.54, 1.807) is 12.3 Å². The summed E-state index contributed by atoms with van der Waals surface area (Å²) in [7, 11) is 0. The van der Waals surface area contributed by atoms with Gasteiger partial charge in [-0.25, -0.2) is 0 Å². The number of nitrogens with one attached hydrogen (secondary N) is 1. The fraction of sp³-hybridized carbons (Fsp3) is 0.333. The first-order valence-corrected chi connectivity index (χ1v) is 7.21. The summed E-state index contributed by atoms with van der Waals surface area (Å²) in [6.07, 6.45) is 2.80. The highest BCUT2D eigenvalue weighted by Crippen LogP contribution is 2.31. The van der Waals surface area contributed by atoms with Crippen LogP contribution < -0.4 is 5.32 Å². The molecule has 0 radical (unpaired) electrons. The van der Waals surface area contributed by atoms with Crippen molar-refractivity contribution in [2.75, 3.05) is 6.54 Å². The van der Waals surface area contributed by atoms with E-state index in [0.29, 0.717) is 10.0 Å². The van der Waals surface area contributed by atoms with Crippen LogP contribution in [0.25, 0.3) is 0 Å². The van der Waals surface area contributed by atoms with E-state index < -0.39 is 0 Å². The third kappa shape index (κ3) is 3.20. The molecule has 2 aromatic rings. The van der Waals surface area contributed by atoms with Gasteiger partial charge in [-0.1, -0.05) is 34.6 Å². The highest BCUT2D eigenvalue weighted by molar-refractivity contribution is 7.05. The zero-order valence-corrected chi connectivity index (χ0v) is 12.2. The quantitative estimate of drug-likeness (QED) is 0.909. The Hall–Kier alpha value is -0.680. The molecule has 0 bridgehead atoms. The lowest BCUT2D eigenvalue weighted by atomic mass is 10.1. The van der Waals surface area contributed by atoms with Crippen molar-refractivity contribution in [3.63, 3.8) is 0 Å².